The number of benzene rings is 7. The van der Waals surface area contributed by atoms with Gasteiger partial charge in [-0.2, -0.15) is 0 Å². The molecule has 9 rings (SSSR count). The standard InChI is InChI=1S/C43H27N3O/c1-3-13-28(14-4-1)32-20-10-23-35-33(21-11-22-34(32)35)30-17-9-18-31(27-30)42-44-41(29-15-5-2-6-16-29)45-43(46-42)37-24-12-26-39-40(37)36-19-7-8-25-38(36)47-39/h1-27H. The molecule has 0 aliphatic carbocycles. The molecular formula is C43H27N3O. The van der Waals surface area contributed by atoms with Crippen LogP contribution < -0.4 is 0 Å². The molecule has 4 heteroatoms. The second-order valence-corrected chi connectivity index (χ2v) is 11.6. The first-order valence-corrected chi connectivity index (χ1v) is 15.7. The van der Waals surface area contributed by atoms with Gasteiger partial charge in [-0.1, -0.05) is 146 Å². The van der Waals surface area contributed by atoms with Crippen LogP contribution in [0.2, 0.25) is 0 Å². The van der Waals surface area contributed by atoms with E-state index in [1.165, 1.54) is 21.9 Å². The highest BCUT2D eigenvalue weighted by molar-refractivity contribution is 6.11. The van der Waals surface area contributed by atoms with Crippen molar-refractivity contribution in [3.63, 3.8) is 0 Å². The third-order valence-electron chi connectivity index (χ3n) is 8.75. The van der Waals surface area contributed by atoms with Crippen molar-refractivity contribution in [3.05, 3.63) is 164 Å². The molecule has 0 spiro atoms. The molecule has 0 saturated heterocycles. The SMILES string of the molecule is c1ccc(-c2nc(-c3cccc(-c4cccc5c(-c6ccccc6)cccc45)c3)nc(-c3cccc4oc5ccccc5c34)n2)cc1. The number of hydrogen-bond acceptors (Lipinski definition) is 4. The Balaban J connectivity index is 1.23. The van der Waals surface area contributed by atoms with Gasteiger partial charge in [-0.05, 0) is 51.2 Å². The fourth-order valence-corrected chi connectivity index (χ4v) is 6.56. The fourth-order valence-electron chi connectivity index (χ4n) is 6.56. The zero-order valence-corrected chi connectivity index (χ0v) is 25.3. The molecule has 220 valence electrons. The first-order valence-electron chi connectivity index (χ1n) is 15.7. The maximum atomic E-state index is 6.21. The summed E-state index contributed by atoms with van der Waals surface area (Å²) in [5.41, 5.74) is 9.09. The molecule has 47 heavy (non-hydrogen) atoms. The Morgan fingerprint density at radius 1 is 0.319 bits per heavy atom. The summed E-state index contributed by atoms with van der Waals surface area (Å²) in [7, 11) is 0. The van der Waals surface area contributed by atoms with Crippen molar-refractivity contribution < 1.29 is 4.42 Å². The van der Waals surface area contributed by atoms with Crippen LogP contribution in [0.4, 0.5) is 0 Å². The normalized spacial score (nSPS) is 11.4. The van der Waals surface area contributed by atoms with E-state index in [0.717, 1.165) is 49.8 Å². The van der Waals surface area contributed by atoms with E-state index in [9.17, 15) is 0 Å². The summed E-state index contributed by atoms with van der Waals surface area (Å²) >= 11 is 0. The molecule has 0 aliphatic heterocycles. The molecule has 4 nitrogen and oxygen atoms in total. The van der Waals surface area contributed by atoms with Crippen LogP contribution in [0.5, 0.6) is 0 Å². The fraction of sp³-hybridized carbons (Fsp3) is 0. The highest BCUT2D eigenvalue weighted by Crippen LogP contribution is 2.38. The molecule has 0 N–H and O–H groups in total. The molecule has 0 bridgehead atoms. The summed E-state index contributed by atoms with van der Waals surface area (Å²) in [6.45, 7) is 0. The van der Waals surface area contributed by atoms with Crippen molar-refractivity contribution in [1.29, 1.82) is 0 Å². The second kappa shape index (κ2) is 11.2. The van der Waals surface area contributed by atoms with Gasteiger partial charge in [0.2, 0.25) is 0 Å². The van der Waals surface area contributed by atoms with Crippen molar-refractivity contribution in [2.24, 2.45) is 0 Å². The highest BCUT2D eigenvalue weighted by atomic mass is 16.3. The Hall–Kier alpha value is -6.39. The third kappa shape index (κ3) is 4.75. The lowest BCUT2D eigenvalue weighted by Gasteiger charge is -2.13. The molecule has 0 saturated carbocycles. The van der Waals surface area contributed by atoms with Crippen molar-refractivity contribution in [1.82, 2.24) is 15.0 Å². The van der Waals surface area contributed by atoms with Gasteiger partial charge in [0.25, 0.3) is 0 Å². The summed E-state index contributed by atoms with van der Waals surface area (Å²) in [5, 5.41) is 4.45. The van der Waals surface area contributed by atoms with Gasteiger partial charge in [0.15, 0.2) is 17.5 Å². The van der Waals surface area contributed by atoms with Gasteiger partial charge in [0.1, 0.15) is 11.2 Å². The minimum Gasteiger partial charge on any atom is -0.456 e. The lowest BCUT2D eigenvalue weighted by Crippen LogP contribution is -2.00. The second-order valence-electron chi connectivity index (χ2n) is 11.6. The zero-order chi connectivity index (χ0) is 31.2. The van der Waals surface area contributed by atoms with Crippen LogP contribution in [0.25, 0.3) is 89.1 Å². The van der Waals surface area contributed by atoms with Crippen molar-refractivity contribution >= 4 is 32.7 Å². The van der Waals surface area contributed by atoms with E-state index in [1.807, 2.05) is 60.7 Å². The molecular weight excluding hydrogens is 574 g/mol. The minimum absolute atomic E-state index is 0.606. The Labute approximate surface area is 271 Å². The lowest BCUT2D eigenvalue weighted by molar-refractivity contribution is 0.669. The number of nitrogens with zero attached hydrogens (tertiary/aromatic N) is 3. The van der Waals surface area contributed by atoms with E-state index in [4.69, 9.17) is 19.4 Å². The Bertz CT molecular complexity index is 2570. The van der Waals surface area contributed by atoms with Gasteiger partial charge in [0, 0.05) is 27.5 Å². The molecule has 9 aromatic rings. The van der Waals surface area contributed by atoms with Gasteiger partial charge in [-0.25, -0.2) is 15.0 Å². The van der Waals surface area contributed by atoms with Gasteiger partial charge >= 0.3 is 0 Å². The molecule has 0 aliphatic rings. The van der Waals surface area contributed by atoms with E-state index in [0.29, 0.717) is 17.5 Å². The molecule has 0 amide bonds. The van der Waals surface area contributed by atoms with Crippen LogP contribution in [-0.4, -0.2) is 15.0 Å². The van der Waals surface area contributed by atoms with E-state index in [-0.39, 0.29) is 0 Å². The Morgan fingerprint density at radius 3 is 1.57 bits per heavy atom. The van der Waals surface area contributed by atoms with Crippen molar-refractivity contribution in [2.75, 3.05) is 0 Å². The maximum absolute atomic E-state index is 6.21. The van der Waals surface area contributed by atoms with Crippen LogP contribution in [0, 0.1) is 0 Å². The molecule has 0 fully saturated rings. The Kier molecular flexibility index (Phi) is 6.43. The van der Waals surface area contributed by atoms with Crippen molar-refractivity contribution in [2.45, 2.75) is 0 Å². The van der Waals surface area contributed by atoms with Crippen LogP contribution in [0.1, 0.15) is 0 Å². The molecule has 7 aromatic carbocycles. The topological polar surface area (TPSA) is 51.8 Å². The number of fused-ring (bicyclic) bond motifs is 4. The number of aromatic nitrogens is 3. The zero-order valence-electron chi connectivity index (χ0n) is 25.3. The first kappa shape index (κ1) is 27.0. The summed E-state index contributed by atoms with van der Waals surface area (Å²) in [6, 6.07) is 56.4. The minimum atomic E-state index is 0.606. The number of rotatable bonds is 5. The van der Waals surface area contributed by atoms with E-state index in [1.54, 1.807) is 0 Å². The van der Waals surface area contributed by atoms with Gasteiger partial charge in [-0.15, -0.1) is 0 Å². The highest BCUT2D eigenvalue weighted by Gasteiger charge is 2.18. The smallest absolute Gasteiger partial charge is 0.164 e. The largest absolute Gasteiger partial charge is 0.456 e. The Morgan fingerprint density at radius 2 is 0.809 bits per heavy atom. The molecule has 2 heterocycles. The first-order chi connectivity index (χ1) is 23.3. The van der Waals surface area contributed by atoms with Crippen LogP contribution in [-0.2, 0) is 0 Å². The van der Waals surface area contributed by atoms with Crippen LogP contribution in [0.15, 0.2) is 168 Å². The van der Waals surface area contributed by atoms with Crippen LogP contribution >= 0.6 is 0 Å². The molecule has 0 unspecified atom stereocenters. The quantitative estimate of drug-likeness (QED) is 0.197. The molecule has 0 atom stereocenters. The van der Waals surface area contributed by atoms with Crippen LogP contribution in [0.3, 0.4) is 0 Å². The molecule has 2 aromatic heterocycles. The average molecular weight is 602 g/mol. The van der Waals surface area contributed by atoms with Gasteiger partial charge < -0.3 is 4.42 Å². The summed E-state index contributed by atoms with van der Waals surface area (Å²) in [6.07, 6.45) is 0. The van der Waals surface area contributed by atoms with Gasteiger partial charge in [0.05, 0.1) is 0 Å². The predicted molar refractivity (Wildman–Crippen MR) is 192 cm³/mol. The maximum Gasteiger partial charge on any atom is 0.164 e. The summed E-state index contributed by atoms with van der Waals surface area (Å²) in [4.78, 5) is 15.2. The van der Waals surface area contributed by atoms with Crippen molar-refractivity contribution in [3.8, 4) is 56.4 Å². The number of furan rings is 1. The van der Waals surface area contributed by atoms with Gasteiger partial charge in [-0.3, -0.25) is 0 Å². The van der Waals surface area contributed by atoms with E-state index < -0.39 is 0 Å². The predicted octanol–water partition coefficient (Wildman–Crippen LogP) is 11.3. The molecule has 0 radical (unpaired) electrons. The third-order valence-corrected chi connectivity index (χ3v) is 8.75. The van der Waals surface area contributed by atoms with E-state index >= 15 is 0 Å². The summed E-state index contributed by atoms with van der Waals surface area (Å²) in [5.74, 6) is 1.85. The monoisotopic (exact) mass is 601 g/mol. The summed E-state index contributed by atoms with van der Waals surface area (Å²) < 4.78 is 6.21. The van der Waals surface area contributed by atoms with E-state index in [2.05, 4.69) is 103 Å². The number of hydrogen-bond donors (Lipinski definition) is 0. The number of para-hydroxylation sites is 1. The lowest BCUT2D eigenvalue weighted by atomic mass is 9.92. The average Bonchev–Trinajstić information content (AvgIpc) is 3.54.